The Morgan fingerprint density at radius 1 is 1.19 bits per heavy atom. The third kappa shape index (κ3) is 1.28. The van der Waals surface area contributed by atoms with Gasteiger partial charge >= 0.3 is 0 Å². The summed E-state index contributed by atoms with van der Waals surface area (Å²) in [6, 6.07) is 15.0. The van der Waals surface area contributed by atoms with Gasteiger partial charge in [-0.05, 0) is 28.7 Å². The second kappa shape index (κ2) is 3.33. The Morgan fingerprint density at radius 3 is 2.69 bits per heavy atom. The molecule has 0 radical (unpaired) electrons. The third-order valence-corrected chi connectivity index (χ3v) is 3.94. The van der Waals surface area contributed by atoms with Crippen molar-refractivity contribution >= 4 is 10.8 Å². The maximum atomic E-state index is 6.49. The van der Waals surface area contributed by atoms with E-state index in [1.165, 1.54) is 22.8 Å². The van der Waals surface area contributed by atoms with E-state index in [2.05, 4.69) is 49.4 Å². The highest BCUT2D eigenvalue weighted by molar-refractivity contribution is 5.87. The van der Waals surface area contributed by atoms with Crippen LogP contribution in [0.3, 0.4) is 0 Å². The summed E-state index contributed by atoms with van der Waals surface area (Å²) in [5.41, 5.74) is 7.76. The molecule has 1 aliphatic rings. The molecule has 0 amide bonds. The summed E-state index contributed by atoms with van der Waals surface area (Å²) in [6.07, 6.45) is 2.32. The number of rotatable bonds is 2. The van der Waals surface area contributed by atoms with E-state index < -0.39 is 0 Å². The normalized spacial score (nSPS) is 28.2. The zero-order valence-corrected chi connectivity index (χ0v) is 9.61. The van der Waals surface area contributed by atoms with Crippen molar-refractivity contribution in [3.05, 3.63) is 48.0 Å². The lowest BCUT2D eigenvalue weighted by Crippen LogP contribution is -2.22. The van der Waals surface area contributed by atoms with Crippen molar-refractivity contribution in [1.29, 1.82) is 0 Å². The highest BCUT2D eigenvalue weighted by Gasteiger charge is 2.51. The Hall–Kier alpha value is -1.34. The second-order valence-electron chi connectivity index (χ2n) is 4.88. The van der Waals surface area contributed by atoms with Crippen molar-refractivity contribution in [1.82, 2.24) is 0 Å². The number of fused-ring (bicyclic) bond motifs is 1. The molecule has 1 heteroatoms. The van der Waals surface area contributed by atoms with Crippen molar-refractivity contribution in [3.8, 4) is 0 Å². The molecule has 2 aromatic carbocycles. The van der Waals surface area contributed by atoms with Crippen molar-refractivity contribution in [2.24, 2.45) is 11.7 Å². The zero-order chi connectivity index (χ0) is 11.2. The Kier molecular flexibility index (Phi) is 2.05. The van der Waals surface area contributed by atoms with Gasteiger partial charge in [-0.25, -0.2) is 0 Å². The summed E-state index contributed by atoms with van der Waals surface area (Å²) in [4.78, 5) is 0. The highest BCUT2D eigenvalue weighted by atomic mass is 14.9. The predicted molar refractivity (Wildman–Crippen MR) is 68.2 cm³/mol. The molecule has 0 spiro atoms. The molecule has 0 aromatic heterocycles. The van der Waals surface area contributed by atoms with E-state index in [0.717, 1.165) is 6.42 Å². The van der Waals surface area contributed by atoms with Gasteiger partial charge in [-0.1, -0.05) is 55.8 Å². The molecule has 1 fully saturated rings. The van der Waals surface area contributed by atoms with Gasteiger partial charge in [0.15, 0.2) is 0 Å². The highest BCUT2D eigenvalue weighted by Crippen LogP contribution is 2.52. The summed E-state index contributed by atoms with van der Waals surface area (Å²) in [5.74, 6) is 0.665. The molecule has 2 unspecified atom stereocenters. The maximum Gasteiger partial charge on any atom is 0.0448 e. The monoisotopic (exact) mass is 211 g/mol. The molecule has 2 atom stereocenters. The fourth-order valence-electron chi connectivity index (χ4n) is 2.82. The molecule has 1 aliphatic carbocycles. The Labute approximate surface area is 96.3 Å². The van der Waals surface area contributed by atoms with Crippen molar-refractivity contribution in [3.63, 3.8) is 0 Å². The summed E-state index contributed by atoms with van der Waals surface area (Å²) in [6.45, 7) is 2.23. The molecule has 0 bridgehead atoms. The standard InChI is InChI=1S/C15H17N/c1-2-12-10-15(12,16)14-9-5-7-11-6-3-4-8-13(11)14/h3-9,12H,2,10,16H2,1H3. The number of benzene rings is 2. The first kappa shape index (κ1) is 9.86. The molecule has 82 valence electrons. The minimum absolute atomic E-state index is 0.0599. The first-order valence-electron chi connectivity index (χ1n) is 6.03. The van der Waals surface area contributed by atoms with E-state index in [1.807, 2.05) is 0 Å². The van der Waals surface area contributed by atoms with Crippen LogP contribution in [0.1, 0.15) is 25.3 Å². The Bertz CT molecular complexity index is 526. The average Bonchev–Trinajstić information content (AvgIpc) is 3.01. The topological polar surface area (TPSA) is 26.0 Å². The smallest absolute Gasteiger partial charge is 0.0448 e. The van der Waals surface area contributed by atoms with Crippen LogP contribution >= 0.6 is 0 Å². The van der Waals surface area contributed by atoms with Crippen LogP contribution in [-0.4, -0.2) is 0 Å². The minimum atomic E-state index is -0.0599. The second-order valence-corrected chi connectivity index (χ2v) is 4.88. The lowest BCUT2D eigenvalue weighted by atomic mass is 9.95. The Balaban J connectivity index is 2.18. The lowest BCUT2D eigenvalue weighted by molar-refractivity contribution is 0.619. The number of hydrogen-bond acceptors (Lipinski definition) is 1. The summed E-state index contributed by atoms with van der Waals surface area (Å²) in [5, 5.41) is 2.62. The predicted octanol–water partition coefficient (Wildman–Crippen LogP) is 3.42. The molecule has 1 nitrogen and oxygen atoms in total. The number of hydrogen-bond donors (Lipinski definition) is 1. The van der Waals surface area contributed by atoms with Crippen LogP contribution in [-0.2, 0) is 5.54 Å². The maximum absolute atomic E-state index is 6.49. The Morgan fingerprint density at radius 2 is 1.94 bits per heavy atom. The summed E-state index contributed by atoms with van der Waals surface area (Å²) in [7, 11) is 0. The van der Waals surface area contributed by atoms with Gasteiger partial charge in [0.1, 0.15) is 0 Å². The molecule has 3 rings (SSSR count). The molecule has 0 heterocycles. The van der Waals surface area contributed by atoms with Gasteiger partial charge in [0, 0.05) is 5.54 Å². The fourth-order valence-corrected chi connectivity index (χ4v) is 2.82. The van der Waals surface area contributed by atoms with Crippen LogP contribution in [0.4, 0.5) is 0 Å². The van der Waals surface area contributed by atoms with Gasteiger partial charge in [-0.3, -0.25) is 0 Å². The molecule has 1 saturated carbocycles. The SMILES string of the molecule is CCC1CC1(N)c1cccc2ccccc12. The molecular formula is C15H17N. The lowest BCUT2D eigenvalue weighted by Gasteiger charge is -2.14. The van der Waals surface area contributed by atoms with Crippen molar-refractivity contribution in [2.45, 2.75) is 25.3 Å². The largest absolute Gasteiger partial charge is 0.321 e. The molecule has 0 saturated heterocycles. The van der Waals surface area contributed by atoms with E-state index in [4.69, 9.17) is 5.73 Å². The van der Waals surface area contributed by atoms with Gasteiger partial charge < -0.3 is 5.73 Å². The summed E-state index contributed by atoms with van der Waals surface area (Å²) < 4.78 is 0. The fraction of sp³-hybridized carbons (Fsp3) is 0.333. The van der Waals surface area contributed by atoms with Crippen LogP contribution < -0.4 is 5.73 Å². The van der Waals surface area contributed by atoms with Gasteiger partial charge in [-0.2, -0.15) is 0 Å². The van der Waals surface area contributed by atoms with E-state index in [0.29, 0.717) is 5.92 Å². The molecule has 2 aromatic rings. The van der Waals surface area contributed by atoms with Crippen LogP contribution in [0.2, 0.25) is 0 Å². The van der Waals surface area contributed by atoms with E-state index in [-0.39, 0.29) is 5.54 Å². The van der Waals surface area contributed by atoms with E-state index >= 15 is 0 Å². The van der Waals surface area contributed by atoms with Gasteiger partial charge in [0.25, 0.3) is 0 Å². The van der Waals surface area contributed by atoms with Crippen molar-refractivity contribution < 1.29 is 0 Å². The van der Waals surface area contributed by atoms with E-state index in [9.17, 15) is 0 Å². The van der Waals surface area contributed by atoms with Crippen LogP contribution in [0.15, 0.2) is 42.5 Å². The average molecular weight is 211 g/mol. The van der Waals surface area contributed by atoms with Gasteiger partial charge in [-0.15, -0.1) is 0 Å². The van der Waals surface area contributed by atoms with Crippen LogP contribution in [0.25, 0.3) is 10.8 Å². The van der Waals surface area contributed by atoms with E-state index in [1.54, 1.807) is 0 Å². The minimum Gasteiger partial charge on any atom is -0.321 e. The van der Waals surface area contributed by atoms with Crippen LogP contribution in [0.5, 0.6) is 0 Å². The van der Waals surface area contributed by atoms with Gasteiger partial charge in [0.05, 0.1) is 0 Å². The quantitative estimate of drug-likeness (QED) is 0.809. The third-order valence-electron chi connectivity index (χ3n) is 3.94. The van der Waals surface area contributed by atoms with Crippen LogP contribution in [0, 0.1) is 5.92 Å². The molecule has 0 aliphatic heterocycles. The van der Waals surface area contributed by atoms with Gasteiger partial charge in [0.2, 0.25) is 0 Å². The zero-order valence-electron chi connectivity index (χ0n) is 9.61. The molecule has 16 heavy (non-hydrogen) atoms. The molecule has 2 N–H and O–H groups in total. The number of nitrogens with two attached hydrogens (primary N) is 1. The van der Waals surface area contributed by atoms with Crippen molar-refractivity contribution in [2.75, 3.05) is 0 Å². The summed E-state index contributed by atoms with van der Waals surface area (Å²) >= 11 is 0. The molecular weight excluding hydrogens is 194 g/mol. The first-order chi connectivity index (χ1) is 7.75. The first-order valence-corrected chi connectivity index (χ1v) is 6.03.